The molecule has 2 saturated heterocycles. The van der Waals surface area contributed by atoms with E-state index in [1.165, 1.54) is 37.2 Å². The van der Waals surface area contributed by atoms with Crippen molar-refractivity contribution in [3.05, 3.63) is 60.2 Å². The molecule has 2 aliphatic heterocycles. The van der Waals surface area contributed by atoms with E-state index < -0.39 is 6.10 Å². The Kier molecular flexibility index (Phi) is 10.6. The summed E-state index contributed by atoms with van der Waals surface area (Å²) in [6.07, 6.45) is 5.31. The lowest BCUT2D eigenvalue weighted by atomic mass is 9.94. The SMILES string of the molecule is CCC(NCC1(SC)CCN(C)CC1)c1ccc(OCC(O)CN2CCN(c3ccccc3)CC2)cc1. The molecule has 0 aromatic heterocycles. The Morgan fingerprint density at radius 1 is 0.973 bits per heavy atom. The van der Waals surface area contributed by atoms with Crippen LogP contribution in [0.15, 0.2) is 54.6 Å². The number of piperazine rings is 1. The first kappa shape index (κ1) is 28.2. The third-order valence-corrected chi connectivity index (χ3v) is 9.52. The number of aliphatic hydroxyl groups is 1. The molecule has 2 aromatic rings. The van der Waals surface area contributed by atoms with Crippen molar-refractivity contribution in [3.8, 4) is 5.75 Å². The van der Waals surface area contributed by atoms with Crippen LogP contribution in [0.5, 0.6) is 5.75 Å². The molecule has 6 nitrogen and oxygen atoms in total. The number of piperidine rings is 1. The van der Waals surface area contributed by atoms with Crippen LogP contribution in [0, 0.1) is 0 Å². The van der Waals surface area contributed by atoms with Crippen LogP contribution >= 0.6 is 11.8 Å². The highest BCUT2D eigenvalue weighted by Gasteiger charge is 2.33. The molecule has 0 amide bonds. The maximum absolute atomic E-state index is 10.6. The number of nitrogens with zero attached hydrogens (tertiary/aromatic N) is 3. The van der Waals surface area contributed by atoms with Crippen LogP contribution in [0.3, 0.4) is 0 Å². The summed E-state index contributed by atoms with van der Waals surface area (Å²) in [5, 5.41) is 14.5. The number of rotatable bonds is 12. The molecule has 4 rings (SSSR count). The van der Waals surface area contributed by atoms with Gasteiger partial charge in [-0.2, -0.15) is 11.8 Å². The van der Waals surface area contributed by atoms with E-state index in [4.69, 9.17) is 4.74 Å². The molecule has 2 heterocycles. The predicted octanol–water partition coefficient (Wildman–Crippen LogP) is 4.12. The second-order valence-corrected chi connectivity index (χ2v) is 12.0. The van der Waals surface area contributed by atoms with Crippen molar-refractivity contribution >= 4 is 17.4 Å². The summed E-state index contributed by atoms with van der Waals surface area (Å²) in [6, 6.07) is 19.3. The smallest absolute Gasteiger partial charge is 0.119 e. The monoisotopic (exact) mass is 526 g/mol. The van der Waals surface area contributed by atoms with Gasteiger partial charge in [0.1, 0.15) is 18.5 Å². The van der Waals surface area contributed by atoms with Crippen molar-refractivity contribution in [1.82, 2.24) is 15.1 Å². The average molecular weight is 527 g/mol. The third-order valence-electron chi connectivity index (χ3n) is 8.10. The number of hydrogen-bond donors (Lipinski definition) is 2. The molecular weight excluding hydrogens is 480 g/mol. The van der Waals surface area contributed by atoms with Crippen molar-refractivity contribution in [2.75, 3.05) is 77.2 Å². The van der Waals surface area contributed by atoms with Gasteiger partial charge >= 0.3 is 0 Å². The standard InChI is InChI=1S/C30H46N4O2S/c1-4-29(31-24-30(37-3)14-16-32(2)17-15-30)25-10-12-28(13-11-25)36-23-27(35)22-33-18-20-34(21-19-33)26-8-6-5-7-9-26/h5-13,27,29,31,35H,4,14-24H2,1-3H3. The molecule has 0 aliphatic carbocycles. The molecule has 0 saturated carbocycles. The fourth-order valence-electron chi connectivity index (χ4n) is 5.45. The lowest BCUT2D eigenvalue weighted by molar-refractivity contribution is 0.0663. The molecule has 0 bridgehead atoms. The van der Waals surface area contributed by atoms with Crippen molar-refractivity contribution in [2.45, 2.75) is 43.1 Å². The van der Waals surface area contributed by atoms with Gasteiger partial charge in [0.15, 0.2) is 0 Å². The fourth-order valence-corrected chi connectivity index (χ4v) is 6.27. The van der Waals surface area contributed by atoms with Crippen molar-refractivity contribution in [1.29, 1.82) is 0 Å². The Labute approximate surface area is 228 Å². The Balaban J connectivity index is 1.19. The van der Waals surface area contributed by atoms with Crippen LogP contribution in [0.25, 0.3) is 0 Å². The zero-order chi connectivity index (χ0) is 26.1. The summed E-state index contributed by atoms with van der Waals surface area (Å²) >= 11 is 2.03. The molecular formula is C30H46N4O2S. The van der Waals surface area contributed by atoms with Crippen molar-refractivity contribution in [3.63, 3.8) is 0 Å². The minimum absolute atomic E-state index is 0.318. The summed E-state index contributed by atoms with van der Waals surface area (Å²) in [4.78, 5) is 7.18. The molecule has 2 unspecified atom stereocenters. The van der Waals surface area contributed by atoms with Gasteiger partial charge in [0.05, 0.1) is 0 Å². The third kappa shape index (κ3) is 8.11. The molecule has 0 spiro atoms. The first-order chi connectivity index (χ1) is 18.0. The summed E-state index contributed by atoms with van der Waals surface area (Å²) in [6.45, 7) is 10.5. The normalized spacial score (nSPS) is 20.5. The maximum atomic E-state index is 10.6. The first-order valence-electron chi connectivity index (χ1n) is 13.9. The molecule has 37 heavy (non-hydrogen) atoms. The largest absolute Gasteiger partial charge is 0.491 e. The van der Waals surface area contributed by atoms with E-state index >= 15 is 0 Å². The van der Waals surface area contributed by atoms with E-state index in [1.807, 2.05) is 23.9 Å². The number of aliphatic hydroxyl groups excluding tert-OH is 1. The number of ether oxygens (including phenoxy) is 1. The van der Waals surface area contributed by atoms with E-state index in [-0.39, 0.29) is 0 Å². The highest BCUT2D eigenvalue weighted by molar-refractivity contribution is 8.00. The second kappa shape index (κ2) is 13.9. The number of likely N-dealkylation sites (tertiary alicyclic amines) is 1. The molecule has 2 aromatic carbocycles. The number of benzene rings is 2. The van der Waals surface area contributed by atoms with E-state index in [2.05, 4.69) is 82.7 Å². The number of β-amino-alcohol motifs (C(OH)–C–C–N with tert-alkyl or cyclic N) is 1. The van der Waals surface area contributed by atoms with Gasteiger partial charge in [0.2, 0.25) is 0 Å². The van der Waals surface area contributed by atoms with Crippen LogP contribution < -0.4 is 15.0 Å². The molecule has 204 valence electrons. The topological polar surface area (TPSA) is 51.2 Å². The minimum Gasteiger partial charge on any atom is -0.491 e. The number of para-hydroxylation sites is 1. The summed E-state index contributed by atoms with van der Waals surface area (Å²) in [5.74, 6) is 0.822. The minimum atomic E-state index is -0.495. The Bertz CT molecular complexity index is 913. The number of anilines is 1. The van der Waals surface area contributed by atoms with Crippen LogP contribution in [0.4, 0.5) is 5.69 Å². The van der Waals surface area contributed by atoms with E-state index in [1.54, 1.807) is 0 Å². The second-order valence-electron chi connectivity index (χ2n) is 10.7. The van der Waals surface area contributed by atoms with Crippen molar-refractivity contribution in [2.24, 2.45) is 0 Å². The molecule has 2 aliphatic rings. The number of nitrogens with one attached hydrogen (secondary N) is 1. The summed E-state index contributed by atoms with van der Waals surface area (Å²) in [7, 11) is 2.22. The van der Waals surface area contributed by atoms with Crippen LogP contribution in [0.2, 0.25) is 0 Å². The van der Waals surface area contributed by atoms with E-state index in [9.17, 15) is 5.11 Å². The zero-order valence-electron chi connectivity index (χ0n) is 22.9. The Morgan fingerprint density at radius 3 is 2.27 bits per heavy atom. The Morgan fingerprint density at radius 2 is 1.65 bits per heavy atom. The van der Waals surface area contributed by atoms with Crippen molar-refractivity contribution < 1.29 is 9.84 Å². The lowest BCUT2D eigenvalue weighted by Crippen LogP contribution is -2.49. The number of thioether (sulfide) groups is 1. The summed E-state index contributed by atoms with van der Waals surface area (Å²) < 4.78 is 6.29. The van der Waals surface area contributed by atoms with Crippen LogP contribution in [0.1, 0.15) is 37.8 Å². The van der Waals surface area contributed by atoms with Gasteiger partial charge in [-0.1, -0.05) is 37.3 Å². The Hall–Kier alpha value is -1.77. The molecule has 0 radical (unpaired) electrons. The summed E-state index contributed by atoms with van der Waals surface area (Å²) in [5.41, 5.74) is 2.58. The van der Waals surface area contributed by atoms with Gasteiger partial charge in [-0.25, -0.2) is 0 Å². The first-order valence-corrected chi connectivity index (χ1v) is 15.1. The molecule has 2 N–H and O–H groups in total. The molecule has 7 heteroatoms. The average Bonchev–Trinajstić information content (AvgIpc) is 2.95. The molecule has 2 atom stereocenters. The van der Waals surface area contributed by atoms with E-state index in [0.717, 1.165) is 44.9 Å². The van der Waals surface area contributed by atoms with Crippen LogP contribution in [-0.4, -0.2) is 98.0 Å². The van der Waals surface area contributed by atoms with Gasteiger partial charge in [0.25, 0.3) is 0 Å². The quantitative estimate of drug-likeness (QED) is 0.432. The predicted molar refractivity (Wildman–Crippen MR) is 157 cm³/mol. The van der Waals surface area contributed by atoms with E-state index in [0.29, 0.717) is 23.9 Å². The highest BCUT2D eigenvalue weighted by Crippen LogP contribution is 2.34. The van der Waals surface area contributed by atoms with Crippen LogP contribution in [-0.2, 0) is 0 Å². The lowest BCUT2D eigenvalue weighted by Gasteiger charge is -2.40. The molecule has 2 fully saturated rings. The van der Waals surface area contributed by atoms with Gasteiger partial charge in [-0.05, 0) is 75.5 Å². The fraction of sp³-hybridized carbons (Fsp3) is 0.600. The van der Waals surface area contributed by atoms with Gasteiger partial charge < -0.3 is 25.0 Å². The number of hydrogen-bond acceptors (Lipinski definition) is 7. The van der Waals surface area contributed by atoms with Gasteiger partial charge in [-0.3, -0.25) is 4.90 Å². The maximum Gasteiger partial charge on any atom is 0.119 e. The van der Waals surface area contributed by atoms with Gasteiger partial charge in [0, 0.05) is 55.7 Å². The highest BCUT2D eigenvalue weighted by atomic mass is 32.2. The van der Waals surface area contributed by atoms with Gasteiger partial charge in [-0.15, -0.1) is 0 Å². The zero-order valence-corrected chi connectivity index (χ0v) is 23.8.